The summed E-state index contributed by atoms with van der Waals surface area (Å²) in [5.41, 5.74) is 1.97. The van der Waals surface area contributed by atoms with Crippen LogP contribution in [-0.2, 0) is 11.2 Å². The fourth-order valence-corrected chi connectivity index (χ4v) is 2.78. The zero-order valence-electron chi connectivity index (χ0n) is 12.3. The van der Waals surface area contributed by atoms with Crippen LogP contribution in [0.15, 0.2) is 38.7 Å². The van der Waals surface area contributed by atoms with Gasteiger partial charge in [-0.2, -0.15) is 0 Å². The predicted molar refractivity (Wildman–Crippen MR) is 92.5 cm³/mol. The molecule has 0 radical (unpaired) electrons. The second-order valence-electron chi connectivity index (χ2n) is 4.64. The minimum absolute atomic E-state index is 0.145. The number of thioether (sulfide) groups is 1. The van der Waals surface area contributed by atoms with Crippen molar-refractivity contribution in [3.63, 3.8) is 0 Å². The third-order valence-electron chi connectivity index (χ3n) is 3.03. The summed E-state index contributed by atoms with van der Waals surface area (Å²) in [6.07, 6.45) is 0.689. The molecule has 1 heterocycles. The molecule has 0 fully saturated rings. The lowest BCUT2D eigenvalue weighted by atomic mass is 10.2. The molecule has 0 spiro atoms. The lowest BCUT2D eigenvalue weighted by Crippen LogP contribution is -2.18. The molecule has 5 nitrogen and oxygen atoms in total. The Morgan fingerprint density at radius 3 is 2.68 bits per heavy atom. The smallest absolute Gasteiger partial charge is 0.254 e. The number of nitrogens with zero attached hydrogens (tertiary/aromatic N) is 1. The van der Waals surface area contributed by atoms with E-state index in [0.29, 0.717) is 17.1 Å². The molecular formula is C15H16BrN3O2S. The molecule has 0 bridgehead atoms. The highest BCUT2D eigenvalue weighted by atomic mass is 79.9. The Balaban J connectivity index is 1.98. The lowest BCUT2D eigenvalue weighted by molar-refractivity contribution is -0.113. The number of hydrogen-bond donors (Lipinski definition) is 2. The number of anilines is 1. The molecule has 0 aliphatic heterocycles. The van der Waals surface area contributed by atoms with Crippen LogP contribution in [0.5, 0.6) is 0 Å². The molecule has 2 aromatic rings. The summed E-state index contributed by atoms with van der Waals surface area (Å²) in [5, 5.41) is 3.26. The van der Waals surface area contributed by atoms with Gasteiger partial charge in [0.1, 0.15) is 0 Å². The van der Waals surface area contributed by atoms with E-state index in [4.69, 9.17) is 0 Å². The van der Waals surface area contributed by atoms with E-state index in [2.05, 4.69) is 31.2 Å². The standard InChI is InChI=1S/C15H16BrN3O2S/c1-3-12-9(2)14(21)19-15(18-12)22-8-13(20)17-11-6-4-10(16)5-7-11/h4-7H,3,8H2,1-2H3,(H,17,20)(H,18,19,21). The lowest BCUT2D eigenvalue weighted by Gasteiger charge is -2.07. The number of hydrogen-bond acceptors (Lipinski definition) is 4. The number of nitrogens with one attached hydrogen (secondary N) is 2. The van der Waals surface area contributed by atoms with Crippen LogP contribution in [0.4, 0.5) is 5.69 Å². The number of carbonyl (C=O) groups excluding carboxylic acids is 1. The van der Waals surface area contributed by atoms with E-state index in [1.807, 2.05) is 31.2 Å². The van der Waals surface area contributed by atoms with Gasteiger partial charge in [0.2, 0.25) is 5.91 Å². The van der Waals surface area contributed by atoms with E-state index in [9.17, 15) is 9.59 Å². The van der Waals surface area contributed by atoms with E-state index in [1.165, 1.54) is 11.8 Å². The van der Waals surface area contributed by atoms with Gasteiger partial charge in [-0.05, 0) is 37.6 Å². The summed E-state index contributed by atoms with van der Waals surface area (Å²) in [5.74, 6) is 0.0409. The summed E-state index contributed by atoms with van der Waals surface area (Å²) in [4.78, 5) is 30.7. The van der Waals surface area contributed by atoms with Crippen molar-refractivity contribution in [1.29, 1.82) is 0 Å². The van der Waals surface area contributed by atoms with E-state index in [0.717, 1.165) is 15.9 Å². The van der Waals surface area contributed by atoms with Gasteiger partial charge in [0.15, 0.2) is 5.16 Å². The Hall–Kier alpha value is -1.60. The molecule has 0 aliphatic carbocycles. The van der Waals surface area contributed by atoms with E-state index in [-0.39, 0.29) is 17.2 Å². The average molecular weight is 382 g/mol. The molecule has 0 atom stereocenters. The highest BCUT2D eigenvalue weighted by molar-refractivity contribution is 9.10. The fraction of sp³-hybridized carbons (Fsp3) is 0.267. The first-order valence-electron chi connectivity index (χ1n) is 6.77. The Morgan fingerprint density at radius 1 is 1.36 bits per heavy atom. The van der Waals surface area contributed by atoms with Crippen molar-refractivity contribution >= 4 is 39.3 Å². The number of aromatic nitrogens is 2. The van der Waals surface area contributed by atoms with Crippen molar-refractivity contribution in [1.82, 2.24) is 9.97 Å². The minimum atomic E-state index is -0.150. The first kappa shape index (κ1) is 16.8. The average Bonchev–Trinajstić information content (AvgIpc) is 2.50. The number of aromatic amines is 1. The topological polar surface area (TPSA) is 74.8 Å². The van der Waals surface area contributed by atoms with Crippen molar-refractivity contribution in [3.8, 4) is 0 Å². The molecule has 116 valence electrons. The molecule has 1 aromatic heterocycles. The van der Waals surface area contributed by atoms with Crippen molar-refractivity contribution in [2.45, 2.75) is 25.4 Å². The minimum Gasteiger partial charge on any atom is -0.325 e. The molecule has 1 aromatic carbocycles. The Morgan fingerprint density at radius 2 is 2.05 bits per heavy atom. The number of halogens is 1. The summed E-state index contributed by atoms with van der Waals surface area (Å²) in [6, 6.07) is 7.34. The van der Waals surface area contributed by atoms with Crippen LogP contribution in [-0.4, -0.2) is 21.6 Å². The number of carbonyl (C=O) groups is 1. The zero-order valence-corrected chi connectivity index (χ0v) is 14.7. The summed E-state index contributed by atoms with van der Waals surface area (Å²) < 4.78 is 0.952. The zero-order chi connectivity index (χ0) is 16.1. The van der Waals surface area contributed by atoms with Gasteiger partial charge >= 0.3 is 0 Å². The van der Waals surface area contributed by atoms with Crippen LogP contribution in [0.2, 0.25) is 0 Å². The molecule has 0 saturated carbocycles. The van der Waals surface area contributed by atoms with Crippen LogP contribution >= 0.6 is 27.7 Å². The van der Waals surface area contributed by atoms with Gasteiger partial charge in [0.05, 0.1) is 11.4 Å². The van der Waals surface area contributed by atoms with E-state index < -0.39 is 0 Å². The van der Waals surface area contributed by atoms with Gasteiger partial charge in [0.25, 0.3) is 5.56 Å². The van der Waals surface area contributed by atoms with Crippen LogP contribution < -0.4 is 10.9 Å². The maximum absolute atomic E-state index is 11.9. The van der Waals surface area contributed by atoms with Crippen LogP contribution in [0.25, 0.3) is 0 Å². The molecule has 0 saturated heterocycles. The molecule has 2 rings (SSSR count). The second-order valence-corrected chi connectivity index (χ2v) is 6.52. The second kappa shape index (κ2) is 7.60. The first-order valence-corrected chi connectivity index (χ1v) is 8.55. The third-order valence-corrected chi connectivity index (χ3v) is 4.44. The quantitative estimate of drug-likeness (QED) is 0.616. The highest BCUT2D eigenvalue weighted by Gasteiger charge is 2.09. The van der Waals surface area contributed by atoms with Crippen molar-refractivity contribution < 1.29 is 4.79 Å². The van der Waals surface area contributed by atoms with Gasteiger partial charge in [-0.25, -0.2) is 4.98 Å². The van der Waals surface area contributed by atoms with Gasteiger partial charge in [-0.3, -0.25) is 9.59 Å². The predicted octanol–water partition coefficient (Wildman–Crippen LogP) is 3.13. The van der Waals surface area contributed by atoms with Crippen LogP contribution in [0.3, 0.4) is 0 Å². The summed E-state index contributed by atoms with van der Waals surface area (Å²) >= 11 is 4.56. The number of rotatable bonds is 5. The largest absolute Gasteiger partial charge is 0.325 e. The van der Waals surface area contributed by atoms with Crippen LogP contribution in [0, 0.1) is 6.92 Å². The SMILES string of the molecule is CCc1nc(SCC(=O)Nc2ccc(Br)cc2)[nH]c(=O)c1C. The normalized spacial score (nSPS) is 10.5. The number of benzene rings is 1. The Labute approximate surface area is 141 Å². The van der Waals surface area contributed by atoms with Gasteiger partial charge in [-0.1, -0.05) is 34.6 Å². The van der Waals surface area contributed by atoms with Crippen molar-refractivity contribution in [2.75, 3.05) is 11.1 Å². The molecule has 1 amide bonds. The summed E-state index contributed by atoms with van der Waals surface area (Å²) in [6.45, 7) is 3.70. The summed E-state index contributed by atoms with van der Waals surface area (Å²) in [7, 11) is 0. The molecule has 0 unspecified atom stereocenters. The monoisotopic (exact) mass is 381 g/mol. The van der Waals surface area contributed by atoms with Crippen LogP contribution in [0.1, 0.15) is 18.2 Å². The number of amides is 1. The third kappa shape index (κ3) is 4.45. The van der Waals surface area contributed by atoms with Gasteiger partial charge in [0, 0.05) is 15.7 Å². The molecule has 7 heteroatoms. The highest BCUT2D eigenvalue weighted by Crippen LogP contribution is 2.16. The number of aryl methyl sites for hydroxylation is 1. The molecule has 0 aliphatic rings. The Kier molecular flexibility index (Phi) is 5.79. The van der Waals surface area contributed by atoms with E-state index >= 15 is 0 Å². The maximum Gasteiger partial charge on any atom is 0.254 e. The fourth-order valence-electron chi connectivity index (χ4n) is 1.83. The van der Waals surface area contributed by atoms with Gasteiger partial charge < -0.3 is 10.3 Å². The Bertz CT molecular complexity index is 729. The number of H-pyrrole nitrogens is 1. The van der Waals surface area contributed by atoms with Gasteiger partial charge in [-0.15, -0.1) is 0 Å². The first-order chi connectivity index (χ1) is 10.5. The van der Waals surface area contributed by atoms with Crippen molar-refractivity contribution in [3.05, 3.63) is 50.3 Å². The molecule has 2 N–H and O–H groups in total. The molecular weight excluding hydrogens is 366 g/mol. The molecule has 22 heavy (non-hydrogen) atoms. The van der Waals surface area contributed by atoms with Crippen molar-refractivity contribution in [2.24, 2.45) is 0 Å². The van der Waals surface area contributed by atoms with E-state index in [1.54, 1.807) is 6.92 Å². The maximum atomic E-state index is 11.9.